The number of hydrogen-bond donors (Lipinski definition) is 2. The molecule has 10 nitrogen and oxygen atoms in total. The Balaban J connectivity index is 1.72. The molecule has 0 aliphatic rings. The van der Waals surface area contributed by atoms with Gasteiger partial charge in [0.25, 0.3) is 0 Å². The molecule has 0 atom stereocenters. The number of anilines is 1. The highest BCUT2D eigenvalue weighted by Gasteiger charge is 2.18. The number of nitrogens with one attached hydrogen (secondary N) is 1. The third kappa shape index (κ3) is 3.90. The summed E-state index contributed by atoms with van der Waals surface area (Å²) in [6.07, 6.45) is 2.80. The number of nitrogens with zero attached hydrogens (tertiary/aromatic N) is 5. The Hall–Kier alpha value is -4.41. The van der Waals surface area contributed by atoms with E-state index in [1.165, 1.54) is 24.6 Å². The summed E-state index contributed by atoms with van der Waals surface area (Å²) in [4.78, 5) is 30.8. The van der Waals surface area contributed by atoms with Crippen LogP contribution in [0.4, 0.5) is 10.2 Å². The van der Waals surface area contributed by atoms with Gasteiger partial charge in [-0.2, -0.15) is 5.10 Å². The molecule has 2 amide bonds. The fraction of sp³-hybridized carbons (Fsp3) is 0.0526. The van der Waals surface area contributed by atoms with Gasteiger partial charge >= 0.3 is 11.8 Å². The van der Waals surface area contributed by atoms with Crippen molar-refractivity contribution in [2.24, 2.45) is 5.73 Å². The molecule has 0 radical (unpaired) electrons. The highest BCUT2D eigenvalue weighted by Crippen LogP contribution is 2.25. The molecular formula is C19H14FN7O3. The molecule has 0 spiro atoms. The van der Waals surface area contributed by atoms with E-state index in [4.69, 9.17) is 10.3 Å². The van der Waals surface area contributed by atoms with Crippen LogP contribution in [0.3, 0.4) is 0 Å². The molecule has 30 heavy (non-hydrogen) atoms. The number of benzene rings is 1. The molecule has 0 unspecified atom stereocenters. The van der Waals surface area contributed by atoms with Crippen molar-refractivity contribution >= 4 is 17.6 Å². The van der Waals surface area contributed by atoms with Gasteiger partial charge in [0.15, 0.2) is 5.82 Å². The van der Waals surface area contributed by atoms with E-state index in [2.05, 4.69) is 25.5 Å². The van der Waals surface area contributed by atoms with Crippen molar-refractivity contribution in [2.75, 3.05) is 5.32 Å². The second-order valence-corrected chi connectivity index (χ2v) is 6.13. The van der Waals surface area contributed by atoms with Crippen LogP contribution in [-0.2, 0) is 16.1 Å². The lowest BCUT2D eigenvalue weighted by Gasteiger charge is -2.06. The molecule has 0 fully saturated rings. The van der Waals surface area contributed by atoms with Crippen molar-refractivity contribution in [3.63, 3.8) is 0 Å². The summed E-state index contributed by atoms with van der Waals surface area (Å²) < 4.78 is 20.6. The molecule has 3 aromatic heterocycles. The van der Waals surface area contributed by atoms with Gasteiger partial charge in [-0.3, -0.25) is 14.3 Å². The van der Waals surface area contributed by atoms with E-state index in [0.717, 1.165) is 0 Å². The van der Waals surface area contributed by atoms with Crippen LogP contribution in [0.2, 0.25) is 0 Å². The molecular weight excluding hydrogens is 393 g/mol. The zero-order chi connectivity index (χ0) is 21.1. The van der Waals surface area contributed by atoms with Gasteiger partial charge in [0.05, 0.1) is 12.2 Å². The Bertz CT molecular complexity index is 1220. The second-order valence-electron chi connectivity index (χ2n) is 6.13. The summed E-state index contributed by atoms with van der Waals surface area (Å²) in [7, 11) is 0. The van der Waals surface area contributed by atoms with E-state index >= 15 is 0 Å². The van der Waals surface area contributed by atoms with E-state index in [1.807, 2.05) is 0 Å². The lowest BCUT2D eigenvalue weighted by molar-refractivity contribution is -0.134. The number of carbonyl (C=O) groups excluding carboxylic acids is 2. The van der Waals surface area contributed by atoms with Gasteiger partial charge in [0.2, 0.25) is 0 Å². The van der Waals surface area contributed by atoms with Crippen LogP contribution in [0, 0.1) is 5.82 Å². The fourth-order valence-corrected chi connectivity index (χ4v) is 2.72. The number of carbonyl (C=O) groups is 2. The summed E-state index contributed by atoms with van der Waals surface area (Å²) in [5.74, 6) is -2.26. The first-order chi connectivity index (χ1) is 14.5. The molecule has 0 saturated heterocycles. The molecule has 0 saturated carbocycles. The number of hydrogen-bond acceptors (Lipinski definition) is 7. The van der Waals surface area contributed by atoms with E-state index < -0.39 is 11.8 Å². The minimum atomic E-state index is -1.14. The molecule has 0 bridgehead atoms. The van der Waals surface area contributed by atoms with Crippen molar-refractivity contribution < 1.29 is 18.5 Å². The zero-order valence-corrected chi connectivity index (χ0v) is 15.3. The van der Waals surface area contributed by atoms with E-state index in [9.17, 15) is 14.0 Å². The fourth-order valence-electron chi connectivity index (χ4n) is 2.72. The average Bonchev–Trinajstić information content (AvgIpc) is 3.40. The summed E-state index contributed by atoms with van der Waals surface area (Å²) >= 11 is 0. The third-order valence-electron chi connectivity index (χ3n) is 4.11. The molecule has 0 aliphatic carbocycles. The van der Waals surface area contributed by atoms with Gasteiger partial charge < -0.3 is 15.6 Å². The quantitative estimate of drug-likeness (QED) is 0.479. The molecule has 1 aromatic carbocycles. The van der Waals surface area contributed by atoms with Crippen molar-refractivity contribution in [3.8, 4) is 22.9 Å². The maximum absolute atomic E-state index is 14.1. The molecule has 3 heterocycles. The predicted octanol–water partition coefficient (Wildman–Crippen LogP) is 1.61. The van der Waals surface area contributed by atoms with Gasteiger partial charge in [-0.1, -0.05) is 23.4 Å². The maximum Gasteiger partial charge on any atom is 0.314 e. The van der Waals surface area contributed by atoms with Crippen molar-refractivity contribution in [2.45, 2.75) is 6.54 Å². The summed E-state index contributed by atoms with van der Waals surface area (Å²) in [5, 5.41) is 10.7. The summed E-state index contributed by atoms with van der Waals surface area (Å²) in [5.41, 5.74) is 6.76. The summed E-state index contributed by atoms with van der Waals surface area (Å²) in [6.45, 7) is 0.132. The predicted molar refractivity (Wildman–Crippen MR) is 102 cm³/mol. The molecule has 3 N–H and O–H groups in total. The van der Waals surface area contributed by atoms with Crippen molar-refractivity contribution in [1.29, 1.82) is 0 Å². The Labute approximate surface area is 168 Å². The van der Waals surface area contributed by atoms with Crippen LogP contribution in [0.1, 0.15) is 5.56 Å². The van der Waals surface area contributed by atoms with Gasteiger partial charge in [-0.15, -0.1) is 0 Å². The van der Waals surface area contributed by atoms with Crippen molar-refractivity contribution in [1.82, 2.24) is 24.9 Å². The highest BCUT2D eigenvalue weighted by molar-refractivity contribution is 6.38. The molecule has 0 aliphatic heterocycles. The largest absolute Gasteiger partial charge is 0.364 e. The Morgan fingerprint density at radius 2 is 2.00 bits per heavy atom. The first-order valence-electron chi connectivity index (χ1n) is 8.67. The van der Waals surface area contributed by atoms with Gasteiger partial charge in [0, 0.05) is 17.8 Å². The van der Waals surface area contributed by atoms with Gasteiger partial charge in [-0.25, -0.2) is 14.4 Å². The lowest BCUT2D eigenvalue weighted by atomic mass is 10.2. The number of halogens is 1. The molecule has 4 rings (SSSR count). The number of amides is 2. The van der Waals surface area contributed by atoms with Crippen LogP contribution in [-0.4, -0.2) is 36.7 Å². The van der Waals surface area contributed by atoms with Crippen LogP contribution in [0.15, 0.2) is 59.4 Å². The smallest absolute Gasteiger partial charge is 0.314 e. The van der Waals surface area contributed by atoms with Crippen LogP contribution in [0.25, 0.3) is 22.9 Å². The first kappa shape index (κ1) is 18.9. The monoisotopic (exact) mass is 407 g/mol. The van der Waals surface area contributed by atoms with Crippen LogP contribution >= 0.6 is 0 Å². The van der Waals surface area contributed by atoms with E-state index in [0.29, 0.717) is 22.6 Å². The van der Waals surface area contributed by atoms with Crippen molar-refractivity contribution in [3.05, 3.63) is 66.3 Å². The minimum Gasteiger partial charge on any atom is -0.364 e. The topological polar surface area (TPSA) is 142 Å². The standard InChI is InChI=1S/C19H14FN7O3/c20-12-4-2-1-3-11(12)10-27-15(13-6-8-30-26-13)9-14(25-27)18-22-7-5-16(23-18)24-19(29)17(21)28/h1-9H,10H2,(H2,21,28)(H,22,23,24,29). The minimum absolute atomic E-state index is 0.0791. The first-order valence-corrected chi connectivity index (χ1v) is 8.67. The van der Waals surface area contributed by atoms with Crippen LogP contribution in [0.5, 0.6) is 0 Å². The van der Waals surface area contributed by atoms with Gasteiger partial charge in [-0.05, 0) is 18.2 Å². The Kier molecular flexibility index (Phi) is 4.99. The highest BCUT2D eigenvalue weighted by atomic mass is 19.1. The normalized spacial score (nSPS) is 10.7. The number of primary amides is 1. The molecule has 11 heteroatoms. The third-order valence-corrected chi connectivity index (χ3v) is 4.11. The van der Waals surface area contributed by atoms with Crippen LogP contribution < -0.4 is 11.1 Å². The summed E-state index contributed by atoms with van der Waals surface area (Å²) in [6, 6.07) is 11.1. The molecule has 4 aromatic rings. The average molecular weight is 407 g/mol. The second kappa shape index (κ2) is 7.91. The Morgan fingerprint density at radius 1 is 1.17 bits per heavy atom. The lowest BCUT2D eigenvalue weighted by Crippen LogP contribution is -2.29. The number of rotatable bonds is 5. The van der Waals surface area contributed by atoms with Gasteiger partial charge in [0.1, 0.15) is 29.3 Å². The van der Waals surface area contributed by atoms with E-state index in [1.54, 1.807) is 35.0 Å². The SMILES string of the molecule is NC(=O)C(=O)Nc1ccnc(-c2cc(-c3ccon3)n(Cc3ccccc3F)n2)n1. The number of nitrogens with two attached hydrogens (primary N) is 1. The maximum atomic E-state index is 14.1. The Morgan fingerprint density at radius 3 is 2.73 bits per heavy atom. The number of aromatic nitrogens is 5. The van der Waals surface area contributed by atoms with E-state index in [-0.39, 0.29) is 24.0 Å². The molecule has 150 valence electrons. The zero-order valence-electron chi connectivity index (χ0n) is 15.3.